The molecule has 0 saturated carbocycles. The number of anilines is 1. The second-order valence-electron chi connectivity index (χ2n) is 6.06. The van der Waals surface area contributed by atoms with Crippen molar-refractivity contribution in [2.45, 2.75) is 20.0 Å². The third kappa shape index (κ3) is 4.55. The molecule has 0 saturated heterocycles. The van der Waals surface area contributed by atoms with Crippen molar-refractivity contribution in [2.75, 3.05) is 12.4 Å². The van der Waals surface area contributed by atoms with Crippen LogP contribution in [0.15, 0.2) is 54.6 Å². The van der Waals surface area contributed by atoms with E-state index in [2.05, 4.69) is 10.3 Å². The Labute approximate surface area is 167 Å². The lowest BCUT2D eigenvalue weighted by molar-refractivity contribution is -0.125. The van der Waals surface area contributed by atoms with Gasteiger partial charge in [-0.25, -0.2) is 9.78 Å². The van der Waals surface area contributed by atoms with Gasteiger partial charge in [-0.1, -0.05) is 36.4 Å². The number of rotatable bonds is 6. The minimum absolute atomic E-state index is 0.396. The minimum Gasteiger partial charge on any atom is -0.497 e. The van der Waals surface area contributed by atoms with Crippen molar-refractivity contribution in [1.82, 2.24) is 4.98 Å². The molecule has 1 amide bonds. The third-order valence-corrected chi connectivity index (χ3v) is 5.04. The zero-order valence-corrected chi connectivity index (χ0v) is 16.6. The van der Waals surface area contributed by atoms with Gasteiger partial charge >= 0.3 is 5.97 Å². The Bertz CT molecular complexity index is 985. The van der Waals surface area contributed by atoms with E-state index >= 15 is 0 Å². The topological polar surface area (TPSA) is 77.5 Å². The van der Waals surface area contributed by atoms with E-state index in [0.717, 1.165) is 5.01 Å². The summed E-state index contributed by atoms with van der Waals surface area (Å²) in [5.74, 6) is -0.411. The number of carbonyl (C=O) groups excluding carboxylic acids is 2. The van der Waals surface area contributed by atoms with E-state index in [1.807, 2.05) is 13.0 Å². The fourth-order valence-electron chi connectivity index (χ4n) is 2.69. The summed E-state index contributed by atoms with van der Waals surface area (Å²) in [5, 5.41) is 3.55. The fourth-order valence-corrected chi connectivity index (χ4v) is 3.49. The second kappa shape index (κ2) is 8.67. The molecule has 7 heteroatoms. The zero-order valence-electron chi connectivity index (χ0n) is 15.8. The number of nitrogens with zero attached hydrogens (tertiary/aromatic N) is 1. The van der Waals surface area contributed by atoms with Gasteiger partial charge in [-0.2, -0.15) is 0 Å². The fraction of sp³-hybridized carbons (Fsp3) is 0.190. The standard InChI is InChI=1S/C21H20N2O4S/c1-13-19(28-14(2)22-13)21(25)27-18(15-8-5-4-6-9-15)20(24)23-16-10-7-11-17(12-16)26-3/h4-12,18H,1-3H3,(H,23,24)/t18-/m1/s1. The van der Waals surface area contributed by atoms with E-state index in [1.165, 1.54) is 11.3 Å². The first-order chi connectivity index (χ1) is 13.5. The molecule has 3 rings (SSSR count). The monoisotopic (exact) mass is 396 g/mol. The Morgan fingerprint density at radius 1 is 1.07 bits per heavy atom. The normalized spacial score (nSPS) is 11.5. The molecule has 0 aliphatic heterocycles. The van der Waals surface area contributed by atoms with Crippen molar-refractivity contribution in [3.05, 3.63) is 75.7 Å². The van der Waals surface area contributed by atoms with Crippen molar-refractivity contribution < 1.29 is 19.1 Å². The SMILES string of the molecule is COc1cccc(NC(=O)[C@H](OC(=O)c2sc(C)nc2C)c2ccccc2)c1. The van der Waals surface area contributed by atoms with Crippen molar-refractivity contribution in [3.63, 3.8) is 0 Å². The van der Waals surface area contributed by atoms with Gasteiger partial charge < -0.3 is 14.8 Å². The van der Waals surface area contributed by atoms with Crippen LogP contribution in [0.4, 0.5) is 5.69 Å². The molecule has 1 atom stereocenters. The summed E-state index contributed by atoms with van der Waals surface area (Å²) in [6.07, 6.45) is -1.10. The number of benzene rings is 2. The molecule has 2 aromatic carbocycles. The lowest BCUT2D eigenvalue weighted by atomic mass is 10.1. The smallest absolute Gasteiger partial charge is 0.351 e. The summed E-state index contributed by atoms with van der Waals surface area (Å²) in [6, 6.07) is 15.9. The molecule has 0 aliphatic rings. The van der Waals surface area contributed by atoms with E-state index in [1.54, 1.807) is 62.6 Å². The molecule has 1 N–H and O–H groups in total. The van der Waals surface area contributed by atoms with Crippen LogP contribution in [-0.2, 0) is 9.53 Å². The largest absolute Gasteiger partial charge is 0.497 e. The highest BCUT2D eigenvalue weighted by molar-refractivity contribution is 7.13. The first-order valence-electron chi connectivity index (χ1n) is 8.63. The quantitative estimate of drug-likeness (QED) is 0.629. The predicted octanol–water partition coefficient (Wildman–Crippen LogP) is 4.31. The van der Waals surface area contributed by atoms with Crippen LogP contribution < -0.4 is 10.1 Å². The third-order valence-electron chi connectivity index (χ3n) is 3.99. The average molecular weight is 396 g/mol. The lowest BCUT2D eigenvalue weighted by Crippen LogP contribution is -2.26. The molecule has 0 aliphatic carbocycles. The van der Waals surface area contributed by atoms with Crippen LogP contribution in [0.2, 0.25) is 0 Å². The molecular weight excluding hydrogens is 376 g/mol. The van der Waals surface area contributed by atoms with E-state index in [-0.39, 0.29) is 0 Å². The zero-order chi connectivity index (χ0) is 20.1. The number of ether oxygens (including phenoxy) is 2. The highest BCUT2D eigenvalue weighted by atomic mass is 32.1. The molecule has 6 nitrogen and oxygen atoms in total. The number of methoxy groups -OCH3 is 1. The molecule has 0 unspecified atom stereocenters. The van der Waals surface area contributed by atoms with Gasteiger partial charge in [-0.3, -0.25) is 4.79 Å². The number of aromatic nitrogens is 1. The number of amides is 1. The van der Waals surface area contributed by atoms with Crippen LogP contribution in [0.3, 0.4) is 0 Å². The summed E-state index contributed by atoms with van der Waals surface area (Å²) >= 11 is 1.25. The molecule has 28 heavy (non-hydrogen) atoms. The summed E-state index contributed by atoms with van der Waals surface area (Å²) in [6.45, 7) is 3.56. The predicted molar refractivity (Wildman–Crippen MR) is 108 cm³/mol. The minimum atomic E-state index is -1.10. The van der Waals surface area contributed by atoms with Gasteiger partial charge in [0.1, 0.15) is 10.6 Å². The number of aryl methyl sites for hydroxylation is 2. The molecule has 0 bridgehead atoms. The van der Waals surface area contributed by atoms with Gasteiger partial charge in [-0.05, 0) is 26.0 Å². The molecule has 144 valence electrons. The van der Waals surface area contributed by atoms with Gasteiger partial charge in [-0.15, -0.1) is 11.3 Å². The number of nitrogens with one attached hydrogen (secondary N) is 1. The first kappa shape index (κ1) is 19.6. The average Bonchev–Trinajstić information content (AvgIpc) is 3.04. The van der Waals surface area contributed by atoms with Crippen LogP contribution in [0.25, 0.3) is 0 Å². The van der Waals surface area contributed by atoms with Crippen LogP contribution in [0.1, 0.15) is 32.0 Å². The summed E-state index contributed by atoms with van der Waals surface area (Å²) in [5.41, 5.74) is 1.72. The Balaban J connectivity index is 1.85. The lowest BCUT2D eigenvalue weighted by Gasteiger charge is -2.18. The number of esters is 1. The Hall–Kier alpha value is -3.19. The van der Waals surface area contributed by atoms with E-state index in [0.29, 0.717) is 27.6 Å². The van der Waals surface area contributed by atoms with Crippen LogP contribution >= 0.6 is 11.3 Å². The van der Waals surface area contributed by atoms with Crippen LogP contribution in [0, 0.1) is 13.8 Å². The molecule has 1 aromatic heterocycles. The van der Waals surface area contributed by atoms with Gasteiger partial charge in [0.15, 0.2) is 0 Å². The first-order valence-corrected chi connectivity index (χ1v) is 9.44. The Kier molecular flexibility index (Phi) is 6.06. The maximum atomic E-state index is 12.9. The second-order valence-corrected chi connectivity index (χ2v) is 7.27. The van der Waals surface area contributed by atoms with Crippen molar-refractivity contribution >= 4 is 28.9 Å². The number of thiazole rings is 1. The highest BCUT2D eigenvalue weighted by Gasteiger charge is 2.27. The van der Waals surface area contributed by atoms with Crippen molar-refractivity contribution in [2.24, 2.45) is 0 Å². The molecule has 0 spiro atoms. The number of carbonyl (C=O) groups is 2. The van der Waals surface area contributed by atoms with Gasteiger partial charge in [0, 0.05) is 17.3 Å². The van der Waals surface area contributed by atoms with Crippen LogP contribution in [0.5, 0.6) is 5.75 Å². The van der Waals surface area contributed by atoms with E-state index < -0.39 is 18.0 Å². The molecule has 1 heterocycles. The molecule has 0 radical (unpaired) electrons. The molecule has 3 aromatic rings. The maximum Gasteiger partial charge on any atom is 0.351 e. The summed E-state index contributed by atoms with van der Waals surface area (Å²) < 4.78 is 10.8. The van der Waals surface area contributed by atoms with Gasteiger partial charge in [0.2, 0.25) is 6.10 Å². The van der Waals surface area contributed by atoms with E-state index in [9.17, 15) is 9.59 Å². The summed E-state index contributed by atoms with van der Waals surface area (Å²) in [4.78, 5) is 30.2. The molecule has 0 fully saturated rings. The van der Waals surface area contributed by atoms with Crippen LogP contribution in [-0.4, -0.2) is 24.0 Å². The summed E-state index contributed by atoms with van der Waals surface area (Å²) in [7, 11) is 1.55. The number of hydrogen-bond donors (Lipinski definition) is 1. The van der Waals surface area contributed by atoms with Gasteiger partial charge in [0.05, 0.1) is 17.8 Å². The van der Waals surface area contributed by atoms with E-state index in [4.69, 9.17) is 9.47 Å². The van der Waals surface area contributed by atoms with Crippen molar-refractivity contribution in [3.8, 4) is 5.75 Å². The Morgan fingerprint density at radius 2 is 1.82 bits per heavy atom. The Morgan fingerprint density at radius 3 is 2.46 bits per heavy atom. The molecular formula is C21H20N2O4S. The van der Waals surface area contributed by atoms with Crippen molar-refractivity contribution in [1.29, 1.82) is 0 Å². The van der Waals surface area contributed by atoms with Gasteiger partial charge in [0.25, 0.3) is 5.91 Å². The highest BCUT2D eigenvalue weighted by Crippen LogP contribution is 2.25. The number of hydrogen-bond acceptors (Lipinski definition) is 6. The maximum absolute atomic E-state index is 12.9.